The number of anilines is 1. The summed E-state index contributed by atoms with van der Waals surface area (Å²) in [5.74, 6) is -0.278. The van der Waals surface area contributed by atoms with Crippen LogP contribution in [0.3, 0.4) is 0 Å². The molecule has 4 saturated carbocycles. The molecule has 0 aromatic carbocycles. The average Bonchev–Trinajstić information content (AvgIpc) is 3.40. The highest BCUT2D eigenvalue weighted by molar-refractivity contribution is 9.09. The van der Waals surface area contributed by atoms with Crippen LogP contribution >= 0.6 is 15.9 Å². The van der Waals surface area contributed by atoms with Gasteiger partial charge in [0.05, 0.1) is 6.04 Å². The summed E-state index contributed by atoms with van der Waals surface area (Å²) in [5, 5.41) is 13.7. The summed E-state index contributed by atoms with van der Waals surface area (Å²) in [6, 6.07) is 1.44. The zero-order chi connectivity index (χ0) is 30.0. The Kier molecular flexibility index (Phi) is 9.46. The lowest BCUT2D eigenvalue weighted by Crippen LogP contribution is -2.56. The van der Waals surface area contributed by atoms with Crippen molar-refractivity contribution < 1.29 is 24.0 Å². The third kappa shape index (κ3) is 6.94. The van der Waals surface area contributed by atoms with Crippen LogP contribution in [0.15, 0.2) is 23.1 Å². The van der Waals surface area contributed by atoms with Crippen molar-refractivity contribution in [3.63, 3.8) is 0 Å². The molecule has 1 aliphatic heterocycles. The van der Waals surface area contributed by atoms with Crippen molar-refractivity contribution in [3.8, 4) is 0 Å². The van der Waals surface area contributed by atoms with Crippen molar-refractivity contribution >= 4 is 51.0 Å². The number of hydrogen-bond donors (Lipinski definition) is 5. The Hall–Kier alpha value is -3.06. The van der Waals surface area contributed by atoms with Crippen LogP contribution in [0.1, 0.15) is 51.4 Å². The fraction of sp³-hybridized carbons (Fsp3) is 0.655. The molecule has 42 heavy (non-hydrogen) atoms. The summed E-state index contributed by atoms with van der Waals surface area (Å²) in [7, 11) is 1.33. The maximum absolute atomic E-state index is 13.3. The van der Waals surface area contributed by atoms with E-state index < -0.39 is 41.1 Å². The highest BCUT2D eigenvalue weighted by Gasteiger charge is 2.48. The summed E-state index contributed by atoms with van der Waals surface area (Å²) in [4.78, 5) is 76.2. The molecule has 1 saturated heterocycles. The van der Waals surface area contributed by atoms with Crippen LogP contribution in [0.5, 0.6) is 0 Å². The summed E-state index contributed by atoms with van der Waals surface area (Å²) in [6.45, 7) is 0.414. The van der Waals surface area contributed by atoms with Crippen molar-refractivity contribution in [2.75, 3.05) is 18.9 Å². The molecule has 4 amide bonds. The largest absolute Gasteiger partial charge is 0.353 e. The SMILES string of the molecule is CNC(=O)C(=O)CC[C@H](NC(=O)[C@@H]1C[C@H](Br)CN1)C(=O)Nc1cccn(CC(=O)NC2C3CC4CC(C3)CC2C4)c1=O. The van der Waals surface area contributed by atoms with Crippen molar-refractivity contribution in [3.05, 3.63) is 28.7 Å². The molecule has 1 aromatic heterocycles. The Morgan fingerprint density at radius 3 is 2.36 bits per heavy atom. The van der Waals surface area contributed by atoms with Crippen molar-refractivity contribution in [1.29, 1.82) is 0 Å². The Labute approximate surface area is 252 Å². The molecule has 13 heteroatoms. The number of nitrogens with zero attached hydrogens (tertiary/aromatic N) is 1. The molecule has 228 valence electrons. The number of hydrogen-bond acceptors (Lipinski definition) is 7. The molecular formula is C29H39BrN6O6. The molecule has 4 aliphatic carbocycles. The quantitative estimate of drug-likeness (QED) is 0.172. The minimum absolute atomic E-state index is 0.0543. The fourth-order valence-corrected chi connectivity index (χ4v) is 8.05. The van der Waals surface area contributed by atoms with Gasteiger partial charge in [0.2, 0.25) is 23.5 Å². The highest BCUT2D eigenvalue weighted by Crippen LogP contribution is 2.53. The topological polar surface area (TPSA) is 168 Å². The second kappa shape index (κ2) is 13.1. The Morgan fingerprint density at radius 2 is 1.74 bits per heavy atom. The third-order valence-electron chi connectivity index (χ3n) is 9.31. The Balaban J connectivity index is 1.22. The second-order valence-electron chi connectivity index (χ2n) is 12.3. The summed E-state index contributed by atoms with van der Waals surface area (Å²) >= 11 is 3.46. The predicted molar refractivity (Wildman–Crippen MR) is 158 cm³/mol. The molecule has 0 radical (unpaired) electrons. The van der Waals surface area contributed by atoms with Crippen LogP contribution in [-0.4, -0.2) is 70.5 Å². The number of pyridine rings is 1. The van der Waals surface area contributed by atoms with Gasteiger partial charge in [0, 0.05) is 37.1 Å². The number of alkyl halides is 1. The molecule has 5 aliphatic rings. The van der Waals surface area contributed by atoms with Crippen LogP contribution < -0.4 is 32.1 Å². The molecule has 2 heterocycles. The molecular weight excluding hydrogens is 608 g/mol. The summed E-state index contributed by atoms with van der Waals surface area (Å²) < 4.78 is 1.25. The average molecular weight is 648 g/mol. The van der Waals surface area contributed by atoms with Gasteiger partial charge in [-0.15, -0.1) is 0 Å². The maximum atomic E-state index is 13.3. The number of ketones is 1. The van der Waals surface area contributed by atoms with Gasteiger partial charge < -0.3 is 31.2 Å². The minimum Gasteiger partial charge on any atom is -0.353 e. The van der Waals surface area contributed by atoms with Crippen LogP contribution in [0.25, 0.3) is 0 Å². The molecule has 3 atom stereocenters. The molecule has 12 nitrogen and oxygen atoms in total. The number of nitrogens with one attached hydrogen (secondary N) is 5. The molecule has 4 bridgehead atoms. The van der Waals surface area contributed by atoms with E-state index in [1.807, 2.05) is 0 Å². The number of rotatable bonds is 11. The lowest BCUT2D eigenvalue weighted by Gasteiger charge is -2.54. The van der Waals surface area contributed by atoms with Crippen LogP contribution in [0.4, 0.5) is 5.69 Å². The first-order valence-corrected chi connectivity index (χ1v) is 15.7. The number of carbonyl (C=O) groups excluding carboxylic acids is 5. The first kappa shape index (κ1) is 30.4. The number of Topliss-reactive ketones (excluding diaryl/α,β-unsaturated/α-hetero) is 1. The number of carbonyl (C=O) groups is 5. The van der Waals surface area contributed by atoms with Gasteiger partial charge in [-0.3, -0.25) is 28.8 Å². The number of halogens is 1. The van der Waals surface area contributed by atoms with Crippen LogP contribution in [0.2, 0.25) is 0 Å². The lowest BCUT2D eigenvalue weighted by molar-refractivity contribution is -0.138. The molecule has 5 N–H and O–H groups in total. The molecule has 0 spiro atoms. The number of likely N-dealkylation sites (N-methyl/N-ethyl adjacent to an activating group) is 1. The first-order valence-electron chi connectivity index (χ1n) is 14.8. The Bertz CT molecular complexity index is 1270. The van der Waals surface area contributed by atoms with Crippen LogP contribution in [-0.2, 0) is 30.5 Å². The second-order valence-corrected chi connectivity index (χ2v) is 13.6. The van der Waals surface area contributed by atoms with Crippen molar-refractivity contribution in [2.45, 2.75) is 80.9 Å². The van der Waals surface area contributed by atoms with E-state index in [9.17, 15) is 28.8 Å². The molecule has 6 rings (SSSR count). The monoisotopic (exact) mass is 646 g/mol. The number of amides is 4. The van der Waals surface area contributed by atoms with Gasteiger partial charge in [-0.1, -0.05) is 15.9 Å². The van der Waals surface area contributed by atoms with Gasteiger partial charge in [-0.05, 0) is 80.8 Å². The lowest BCUT2D eigenvalue weighted by atomic mass is 9.54. The van der Waals surface area contributed by atoms with Crippen molar-refractivity contribution in [2.24, 2.45) is 23.7 Å². The van der Waals surface area contributed by atoms with Gasteiger partial charge in [0.25, 0.3) is 11.5 Å². The van der Waals surface area contributed by atoms with E-state index in [0.29, 0.717) is 24.8 Å². The van der Waals surface area contributed by atoms with Crippen LogP contribution in [0, 0.1) is 23.7 Å². The minimum atomic E-state index is -1.17. The van der Waals surface area contributed by atoms with Gasteiger partial charge in [0.15, 0.2) is 0 Å². The van der Waals surface area contributed by atoms with Gasteiger partial charge in [-0.2, -0.15) is 0 Å². The Morgan fingerprint density at radius 1 is 1.05 bits per heavy atom. The van der Waals surface area contributed by atoms with E-state index in [4.69, 9.17) is 0 Å². The maximum Gasteiger partial charge on any atom is 0.287 e. The van der Waals surface area contributed by atoms with E-state index in [1.54, 1.807) is 6.07 Å². The molecule has 1 aromatic rings. The van der Waals surface area contributed by atoms with E-state index >= 15 is 0 Å². The van der Waals surface area contributed by atoms with E-state index in [0.717, 1.165) is 11.8 Å². The summed E-state index contributed by atoms with van der Waals surface area (Å²) in [5.41, 5.74) is -0.612. The fourth-order valence-electron chi connectivity index (χ4n) is 7.49. The zero-order valence-corrected chi connectivity index (χ0v) is 25.3. The number of aromatic nitrogens is 1. The van der Waals surface area contributed by atoms with E-state index in [1.165, 1.54) is 56.0 Å². The van der Waals surface area contributed by atoms with E-state index in [-0.39, 0.29) is 41.8 Å². The van der Waals surface area contributed by atoms with Gasteiger partial charge in [-0.25, -0.2) is 0 Å². The predicted octanol–water partition coefficient (Wildman–Crippen LogP) is 0.433. The smallest absolute Gasteiger partial charge is 0.287 e. The standard InChI is InChI=1S/C29H39BrN6O6/c1-31-28(41)23(37)5-4-20(33-27(40)22-12-19(30)13-32-22)26(39)34-21-3-2-6-36(29(21)42)14-24(38)35-25-17-8-15-7-16(10-17)11-18(25)9-15/h2-3,6,15-20,22,25,32H,4-5,7-14H2,1H3,(H,31,41)(H,33,40)(H,34,39)(H,35,38)/t15?,16?,17?,18?,19-,20-,22-,25?/m0/s1. The summed E-state index contributed by atoms with van der Waals surface area (Å²) in [6.07, 6.45) is 7.59. The third-order valence-corrected chi connectivity index (χ3v) is 10.0. The highest BCUT2D eigenvalue weighted by atomic mass is 79.9. The van der Waals surface area contributed by atoms with Gasteiger partial charge >= 0.3 is 0 Å². The first-order chi connectivity index (χ1) is 20.1. The molecule has 0 unspecified atom stereocenters. The zero-order valence-electron chi connectivity index (χ0n) is 23.7. The molecule has 5 fully saturated rings. The van der Waals surface area contributed by atoms with Gasteiger partial charge in [0.1, 0.15) is 18.3 Å². The van der Waals surface area contributed by atoms with E-state index in [2.05, 4.69) is 42.5 Å². The normalized spacial score (nSPS) is 29.9. The van der Waals surface area contributed by atoms with Crippen molar-refractivity contribution in [1.82, 2.24) is 25.8 Å².